The van der Waals surface area contributed by atoms with Gasteiger partial charge in [0.1, 0.15) is 17.4 Å². The number of halogens is 1. The average Bonchev–Trinajstić information content (AvgIpc) is 3.52. The summed E-state index contributed by atoms with van der Waals surface area (Å²) in [6.45, 7) is 5.78. The number of phenols is 1. The fourth-order valence-electron chi connectivity index (χ4n) is 6.34. The monoisotopic (exact) mass is 651 g/mol. The minimum Gasteiger partial charge on any atom is -0.506 e. The molecular formula is C36H38FN7O4. The van der Waals surface area contributed by atoms with Crippen molar-refractivity contribution < 1.29 is 24.2 Å². The first-order valence-electron chi connectivity index (χ1n) is 15.9. The molecule has 5 N–H and O–H groups in total. The number of nitrogens with one attached hydrogen (secondary N) is 3. The Balaban J connectivity index is 1.12. The second kappa shape index (κ2) is 13.2. The standard InChI is InChI=1S/C36H38FN7O4/c1-36(2,3)44(35(47)48)27-17-15-25(16-18-27)40-31-21-30(33-38-19-20-43(33)42-31)39-24-11-13-26(14-12-24)41-34(46)29-6-4-5-28(32(29)45)22-7-9-23(37)10-8-22/h4-14,19-21,25,27,39,45H,15-18H2,1-3H3,(H,40,42)(H,41,46)(H,47,48). The van der Waals surface area contributed by atoms with Crippen molar-refractivity contribution in [3.05, 3.63) is 96.6 Å². The first kappa shape index (κ1) is 32.3. The van der Waals surface area contributed by atoms with Gasteiger partial charge in [-0.1, -0.05) is 24.3 Å². The predicted molar refractivity (Wildman–Crippen MR) is 183 cm³/mol. The highest BCUT2D eigenvalue weighted by Gasteiger charge is 2.35. The Morgan fingerprint density at radius 2 is 1.65 bits per heavy atom. The number of imidazole rings is 1. The Hall–Kier alpha value is -5.65. The number of amides is 2. The summed E-state index contributed by atoms with van der Waals surface area (Å²) in [7, 11) is 0. The highest BCUT2D eigenvalue weighted by molar-refractivity contribution is 6.07. The molecule has 2 heterocycles. The summed E-state index contributed by atoms with van der Waals surface area (Å²) in [6, 6.07) is 19.7. The third-order valence-electron chi connectivity index (χ3n) is 8.56. The summed E-state index contributed by atoms with van der Waals surface area (Å²) in [4.78, 5) is 31.1. The molecule has 0 saturated heterocycles. The summed E-state index contributed by atoms with van der Waals surface area (Å²) in [6.07, 6.45) is 5.73. The summed E-state index contributed by atoms with van der Waals surface area (Å²) < 4.78 is 15.1. The van der Waals surface area contributed by atoms with E-state index in [2.05, 4.69) is 26.0 Å². The molecule has 0 radical (unpaired) electrons. The van der Waals surface area contributed by atoms with Crippen LogP contribution in [0.2, 0.25) is 0 Å². The van der Waals surface area contributed by atoms with Crippen LogP contribution in [0.5, 0.6) is 5.75 Å². The molecule has 3 aromatic carbocycles. The van der Waals surface area contributed by atoms with Gasteiger partial charge >= 0.3 is 6.09 Å². The number of carboxylic acid groups (broad SMARTS) is 1. The number of hydrogen-bond donors (Lipinski definition) is 5. The Morgan fingerprint density at radius 1 is 0.958 bits per heavy atom. The van der Waals surface area contributed by atoms with E-state index >= 15 is 0 Å². The largest absolute Gasteiger partial charge is 0.506 e. The third kappa shape index (κ3) is 7.02. The molecule has 5 aromatic rings. The first-order valence-corrected chi connectivity index (χ1v) is 15.9. The molecule has 1 aliphatic rings. The van der Waals surface area contributed by atoms with E-state index in [9.17, 15) is 24.2 Å². The quantitative estimate of drug-likeness (QED) is 0.115. The number of fused-ring (bicyclic) bond motifs is 1. The molecule has 12 heteroatoms. The van der Waals surface area contributed by atoms with E-state index in [1.165, 1.54) is 18.2 Å². The summed E-state index contributed by atoms with van der Waals surface area (Å²) in [5, 5.41) is 35.1. The van der Waals surface area contributed by atoms with E-state index in [1.807, 2.05) is 39.0 Å². The van der Waals surface area contributed by atoms with Crippen molar-refractivity contribution in [1.82, 2.24) is 19.5 Å². The van der Waals surface area contributed by atoms with E-state index in [0.717, 1.165) is 37.1 Å². The fourth-order valence-corrected chi connectivity index (χ4v) is 6.34. The summed E-state index contributed by atoms with van der Waals surface area (Å²) >= 11 is 0. The second-order valence-corrected chi connectivity index (χ2v) is 13.0. The minimum atomic E-state index is -0.884. The van der Waals surface area contributed by atoms with Gasteiger partial charge in [0.2, 0.25) is 0 Å². The van der Waals surface area contributed by atoms with Crippen molar-refractivity contribution in [3.8, 4) is 16.9 Å². The highest BCUT2D eigenvalue weighted by Crippen LogP contribution is 2.34. The van der Waals surface area contributed by atoms with E-state index in [0.29, 0.717) is 28.3 Å². The molecule has 248 valence electrons. The molecule has 0 atom stereocenters. The number of phenolic OH excluding ortho intramolecular Hbond substituents is 1. The van der Waals surface area contributed by atoms with Crippen molar-refractivity contribution >= 4 is 40.5 Å². The zero-order chi connectivity index (χ0) is 34.0. The van der Waals surface area contributed by atoms with Gasteiger partial charge in [0.05, 0.1) is 11.3 Å². The number of aromatic nitrogens is 3. The van der Waals surface area contributed by atoms with Crippen LogP contribution in [0.15, 0.2) is 85.2 Å². The van der Waals surface area contributed by atoms with Crippen LogP contribution >= 0.6 is 0 Å². The molecule has 1 aliphatic carbocycles. The van der Waals surface area contributed by atoms with Crippen molar-refractivity contribution in [2.24, 2.45) is 0 Å². The van der Waals surface area contributed by atoms with Gasteiger partial charge in [0, 0.05) is 53.0 Å². The van der Waals surface area contributed by atoms with Gasteiger partial charge in [0.25, 0.3) is 5.91 Å². The van der Waals surface area contributed by atoms with Crippen LogP contribution in [0.25, 0.3) is 16.8 Å². The van der Waals surface area contributed by atoms with Crippen LogP contribution < -0.4 is 16.0 Å². The third-order valence-corrected chi connectivity index (χ3v) is 8.56. The molecule has 2 aromatic heterocycles. The van der Waals surface area contributed by atoms with Crippen molar-refractivity contribution in [1.29, 1.82) is 0 Å². The lowest BCUT2D eigenvalue weighted by atomic mass is 9.88. The zero-order valence-corrected chi connectivity index (χ0v) is 26.9. The molecule has 0 aliphatic heterocycles. The molecule has 1 saturated carbocycles. The van der Waals surface area contributed by atoms with Crippen molar-refractivity contribution in [2.45, 2.75) is 64.1 Å². The van der Waals surface area contributed by atoms with Gasteiger partial charge in [-0.3, -0.25) is 4.79 Å². The molecule has 2 amide bonds. The van der Waals surface area contributed by atoms with E-state index in [1.54, 1.807) is 58.2 Å². The normalized spacial score (nSPS) is 16.3. The molecule has 48 heavy (non-hydrogen) atoms. The maximum atomic E-state index is 13.4. The average molecular weight is 652 g/mol. The Labute approximate surface area is 277 Å². The van der Waals surface area contributed by atoms with Gasteiger partial charge in [0.15, 0.2) is 5.65 Å². The van der Waals surface area contributed by atoms with Crippen LogP contribution in [0.3, 0.4) is 0 Å². The molecule has 1 fully saturated rings. The topological polar surface area (TPSA) is 144 Å². The van der Waals surface area contributed by atoms with Crippen LogP contribution in [0.4, 0.5) is 32.1 Å². The Morgan fingerprint density at radius 3 is 2.31 bits per heavy atom. The zero-order valence-electron chi connectivity index (χ0n) is 26.9. The van der Waals surface area contributed by atoms with Gasteiger partial charge in [-0.25, -0.2) is 18.7 Å². The minimum absolute atomic E-state index is 0.0214. The molecule has 0 spiro atoms. The fraction of sp³-hybridized carbons (Fsp3) is 0.278. The summed E-state index contributed by atoms with van der Waals surface area (Å²) in [5.41, 5.74) is 3.31. The maximum Gasteiger partial charge on any atom is 0.407 e. The molecule has 0 bridgehead atoms. The van der Waals surface area contributed by atoms with E-state index in [4.69, 9.17) is 0 Å². The molecular weight excluding hydrogens is 613 g/mol. The van der Waals surface area contributed by atoms with Crippen LogP contribution in [-0.2, 0) is 0 Å². The van der Waals surface area contributed by atoms with Gasteiger partial charge in [-0.15, -0.1) is 5.10 Å². The van der Waals surface area contributed by atoms with Gasteiger partial charge in [-0.2, -0.15) is 0 Å². The second-order valence-electron chi connectivity index (χ2n) is 13.0. The smallest absolute Gasteiger partial charge is 0.407 e. The Bertz CT molecular complexity index is 1930. The van der Waals surface area contributed by atoms with Crippen molar-refractivity contribution in [3.63, 3.8) is 0 Å². The van der Waals surface area contributed by atoms with Crippen molar-refractivity contribution in [2.75, 3.05) is 16.0 Å². The SMILES string of the molecule is CC(C)(C)N(C(=O)O)C1CCC(Nc2cc(Nc3ccc(NC(=O)c4cccc(-c5ccc(F)cc5)c4O)cc3)c3nccn3n2)CC1. The number of carbonyl (C=O) groups excluding carboxylic acids is 1. The number of hydrogen-bond acceptors (Lipinski definition) is 7. The number of para-hydroxylation sites is 1. The van der Waals surface area contributed by atoms with E-state index < -0.39 is 17.5 Å². The predicted octanol–water partition coefficient (Wildman–Crippen LogP) is 7.74. The summed E-state index contributed by atoms with van der Waals surface area (Å²) in [5.74, 6) is -0.388. The lowest BCUT2D eigenvalue weighted by Crippen LogP contribution is -2.52. The van der Waals surface area contributed by atoms with Crippen LogP contribution in [-0.4, -0.2) is 59.3 Å². The number of nitrogens with zero attached hydrogens (tertiary/aromatic N) is 4. The number of rotatable bonds is 8. The lowest BCUT2D eigenvalue weighted by molar-refractivity contribution is 0.0556. The highest BCUT2D eigenvalue weighted by atomic mass is 19.1. The van der Waals surface area contributed by atoms with Gasteiger partial charge < -0.3 is 31.1 Å². The van der Waals surface area contributed by atoms with E-state index in [-0.39, 0.29) is 29.2 Å². The number of aromatic hydroxyl groups is 1. The number of anilines is 4. The number of carbonyl (C=O) groups is 2. The van der Waals surface area contributed by atoms with Crippen LogP contribution in [0.1, 0.15) is 56.8 Å². The first-order chi connectivity index (χ1) is 23.0. The molecule has 6 rings (SSSR count). The Kier molecular flexibility index (Phi) is 8.90. The van der Waals surface area contributed by atoms with Gasteiger partial charge in [-0.05, 0) is 94.5 Å². The molecule has 11 nitrogen and oxygen atoms in total. The van der Waals surface area contributed by atoms with Crippen LogP contribution in [0, 0.1) is 5.82 Å². The molecule has 0 unspecified atom stereocenters. The maximum absolute atomic E-state index is 13.4. The lowest BCUT2D eigenvalue weighted by Gasteiger charge is -2.42. The number of benzene rings is 3.